The summed E-state index contributed by atoms with van der Waals surface area (Å²) in [4.78, 5) is 4.05. The lowest BCUT2D eigenvalue weighted by Crippen LogP contribution is -2.75. The van der Waals surface area contributed by atoms with E-state index in [0.717, 1.165) is 0 Å². The van der Waals surface area contributed by atoms with Gasteiger partial charge in [-0.15, -0.1) is 0 Å². The topological polar surface area (TPSA) is 85.1 Å². The van der Waals surface area contributed by atoms with Crippen LogP contribution in [0.3, 0.4) is 0 Å². The van der Waals surface area contributed by atoms with Crippen molar-refractivity contribution in [2.45, 2.75) is 44.7 Å². The van der Waals surface area contributed by atoms with Crippen LogP contribution in [-0.4, -0.2) is 25.5 Å². The Morgan fingerprint density at radius 3 is 2.30 bits per heavy atom. The van der Waals surface area contributed by atoms with Crippen molar-refractivity contribution in [1.82, 2.24) is 9.71 Å². The molecule has 1 fully saturated rings. The number of halogens is 1. The third-order valence-electron chi connectivity index (χ3n) is 4.35. The molecule has 0 amide bonds. The zero-order chi connectivity index (χ0) is 15.3. The van der Waals surface area contributed by atoms with Crippen molar-refractivity contribution in [1.29, 1.82) is 0 Å². The summed E-state index contributed by atoms with van der Waals surface area (Å²) in [5.41, 5.74) is 5.59. The predicted octanol–water partition coefficient (Wildman–Crippen LogP) is 1.88. The minimum atomic E-state index is -3.61. The van der Waals surface area contributed by atoms with E-state index >= 15 is 0 Å². The van der Waals surface area contributed by atoms with Gasteiger partial charge in [-0.05, 0) is 32.8 Å². The third-order valence-corrected chi connectivity index (χ3v) is 6.18. The first-order chi connectivity index (χ1) is 8.99. The molecule has 0 atom stereocenters. The number of rotatable bonds is 3. The molecule has 0 spiro atoms. The predicted molar refractivity (Wildman–Crippen MR) is 81.6 cm³/mol. The fourth-order valence-electron chi connectivity index (χ4n) is 3.25. The van der Waals surface area contributed by atoms with Crippen molar-refractivity contribution in [2.24, 2.45) is 16.6 Å². The highest BCUT2D eigenvalue weighted by atomic mass is 79.9. The SMILES string of the molecule is CC1(C)C(N)C(C)(C)C1NS(=O)(=O)c1cncc(Br)c1. The summed E-state index contributed by atoms with van der Waals surface area (Å²) in [6.45, 7) is 7.93. The Morgan fingerprint density at radius 1 is 1.25 bits per heavy atom. The van der Waals surface area contributed by atoms with Crippen molar-refractivity contribution < 1.29 is 8.42 Å². The van der Waals surface area contributed by atoms with E-state index in [1.165, 1.54) is 12.3 Å². The molecule has 1 aromatic heterocycles. The summed E-state index contributed by atoms with van der Waals surface area (Å²) in [6.07, 6.45) is 2.89. The van der Waals surface area contributed by atoms with Gasteiger partial charge < -0.3 is 5.73 Å². The van der Waals surface area contributed by atoms with Crippen LogP contribution in [0.1, 0.15) is 27.7 Å². The second-order valence-electron chi connectivity index (χ2n) is 6.51. The molecule has 7 heteroatoms. The summed E-state index contributed by atoms with van der Waals surface area (Å²) < 4.78 is 28.3. The first-order valence-electron chi connectivity index (χ1n) is 6.38. The standard InChI is InChI=1S/C13H20BrN3O2S/c1-12(2)10(15)13(3,4)11(12)17-20(18,19)9-5-8(14)6-16-7-9/h5-7,10-11,17H,15H2,1-4H3. The normalized spacial score (nSPS) is 27.9. The number of sulfonamides is 1. The number of nitrogens with two attached hydrogens (primary N) is 1. The first kappa shape index (κ1) is 15.9. The number of nitrogens with one attached hydrogen (secondary N) is 1. The molecular formula is C13H20BrN3O2S. The molecule has 0 aromatic carbocycles. The van der Waals surface area contributed by atoms with Gasteiger partial charge in [0.15, 0.2) is 0 Å². The van der Waals surface area contributed by atoms with Crippen molar-refractivity contribution in [3.05, 3.63) is 22.9 Å². The average Bonchev–Trinajstić information content (AvgIpc) is 2.35. The number of nitrogens with zero attached hydrogens (tertiary/aromatic N) is 1. The van der Waals surface area contributed by atoms with Gasteiger partial charge in [0.2, 0.25) is 10.0 Å². The quantitative estimate of drug-likeness (QED) is 0.860. The zero-order valence-corrected chi connectivity index (χ0v) is 14.4. The fraction of sp³-hybridized carbons (Fsp3) is 0.615. The molecule has 112 valence electrons. The molecule has 1 aliphatic rings. The van der Waals surface area contributed by atoms with Crippen molar-refractivity contribution in [2.75, 3.05) is 0 Å². The van der Waals surface area contributed by atoms with E-state index in [1.807, 2.05) is 27.7 Å². The van der Waals surface area contributed by atoms with E-state index in [1.54, 1.807) is 6.20 Å². The average molecular weight is 362 g/mol. The Morgan fingerprint density at radius 2 is 1.80 bits per heavy atom. The van der Waals surface area contributed by atoms with Crippen LogP contribution in [0, 0.1) is 10.8 Å². The Bertz CT molecular complexity index is 612. The van der Waals surface area contributed by atoms with Crippen LogP contribution in [0.2, 0.25) is 0 Å². The van der Waals surface area contributed by atoms with Gasteiger partial charge in [-0.2, -0.15) is 0 Å². The second-order valence-corrected chi connectivity index (χ2v) is 9.14. The molecule has 1 saturated carbocycles. The maximum absolute atomic E-state index is 12.5. The molecule has 5 nitrogen and oxygen atoms in total. The van der Waals surface area contributed by atoms with Crippen molar-refractivity contribution in [3.8, 4) is 0 Å². The van der Waals surface area contributed by atoms with Crippen LogP contribution in [0.15, 0.2) is 27.8 Å². The van der Waals surface area contributed by atoms with Gasteiger partial charge in [0.05, 0.1) is 0 Å². The van der Waals surface area contributed by atoms with Crippen LogP contribution in [0.25, 0.3) is 0 Å². The molecule has 1 aromatic rings. The molecule has 2 rings (SSSR count). The lowest BCUT2D eigenvalue weighted by atomic mass is 9.49. The summed E-state index contributed by atoms with van der Waals surface area (Å²) in [6, 6.07) is 1.27. The maximum atomic E-state index is 12.5. The molecule has 1 heterocycles. The van der Waals surface area contributed by atoms with Crippen LogP contribution in [0.5, 0.6) is 0 Å². The highest BCUT2D eigenvalue weighted by Crippen LogP contribution is 2.52. The first-order valence-corrected chi connectivity index (χ1v) is 8.65. The molecule has 0 aliphatic heterocycles. The monoisotopic (exact) mass is 361 g/mol. The summed E-state index contributed by atoms with van der Waals surface area (Å²) in [5, 5.41) is 0. The highest BCUT2D eigenvalue weighted by molar-refractivity contribution is 9.10. The molecule has 0 radical (unpaired) electrons. The number of hydrogen-bond acceptors (Lipinski definition) is 4. The van der Waals surface area contributed by atoms with Crippen molar-refractivity contribution in [3.63, 3.8) is 0 Å². The van der Waals surface area contributed by atoms with E-state index in [0.29, 0.717) is 4.47 Å². The van der Waals surface area contributed by atoms with Gasteiger partial charge in [0.25, 0.3) is 0 Å². The third kappa shape index (κ3) is 2.41. The second kappa shape index (κ2) is 4.76. The van der Waals surface area contributed by atoms with E-state index in [2.05, 4.69) is 25.6 Å². The van der Waals surface area contributed by atoms with E-state index in [9.17, 15) is 8.42 Å². The Balaban J connectivity index is 2.30. The Hall–Kier alpha value is -0.500. The van der Waals surface area contributed by atoms with E-state index < -0.39 is 10.0 Å². The molecule has 3 N–H and O–H groups in total. The highest BCUT2D eigenvalue weighted by Gasteiger charge is 2.61. The smallest absolute Gasteiger partial charge is 0.242 e. The molecule has 20 heavy (non-hydrogen) atoms. The Kier molecular flexibility index (Phi) is 3.78. The van der Waals surface area contributed by atoms with Crippen LogP contribution >= 0.6 is 15.9 Å². The summed E-state index contributed by atoms with van der Waals surface area (Å²) >= 11 is 3.23. The maximum Gasteiger partial charge on any atom is 0.242 e. The van der Waals surface area contributed by atoms with Crippen molar-refractivity contribution >= 4 is 26.0 Å². The minimum absolute atomic E-state index is 0.0525. The number of aromatic nitrogens is 1. The van der Waals surface area contributed by atoms with Gasteiger partial charge in [-0.1, -0.05) is 27.7 Å². The van der Waals surface area contributed by atoms with E-state index in [4.69, 9.17) is 5.73 Å². The van der Waals surface area contributed by atoms with Gasteiger partial charge in [0.1, 0.15) is 4.90 Å². The lowest BCUT2D eigenvalue weighted by Gasteiger charge is -2.62. The largest absolute Gasteiger partial charge is 0.327 e. The molecule has 0 bridgehead atoms. The minimum Gasteiger partial charge on any atom is -0.327 e. The number of hydrogen-bond donors (Lipinski definition) is 2. The molecule has 0 unspecified atom stereocenters. The van der Waals surface area contributed by atoms with Gasteiger partial charge in [-0.25, -0.2) is 13.1 Å². The van der Waals surface area contributed by atoms with Crippen LogP contribution in [0.4, 0.5) is 0 Å². The van der Waals surface area contributed by atoms with E-state index in [-0.39, 0.29) is 27.8 Å². The van der Waals surface area contributed by atoms with Crippen LogP contribution < -0.4 is 10.5 Å². The summed E-state index contributed by atoms with van der Waals surface area (Å²) in [7, 11) is -3.61. The van der Waals surface area contributed by atoms with Gasteiger partial charge in [-0.3, -0.25) is 4.98 Å². The summed E-state index contributed by atoms with van der Waals surface area (Å²) in [5.74, 6) is 0. The zero-order valence-electron chi connectivity index (χ0n) is 12.0. The molecular weight excluding hydrogens is 342 g/mol. The molecule has 1 aliphatic carbocycles. The van der Waals surface area contributed by atoms with Gasteiger partial charge >= 0.3 is 0 Å². The fourth-order valence-corrected chi connectivity index (χ4v) is 5.30. The lowest BCUT2D eigenvalue weighted by molar-refractivity contribution is -0.0593. The Labute approximate surface area is 128 Å². The number of pyridine rings is 1. The molecule has 0 saturated heterocycles. The van der Waals surface area contributed by atoms with Gasteiger partial charge in [0, 0.05) is 29.0 Å². The van der Waals surface area contributed by atoms with Crippen LogP contribution in [-0.2, 0) is 10.0 Å².